The number of aliphatic carboxylic acids is 1. The van der Waals surface area contributed by atoms with Gasteiger partial charge in [0, 0.05) is 24.2 Å². The topological polar surface area (TPSA) is 103 Å². The number of rotatable bonds is 6. The first kappa shape index (κ1) is 18.7. The molecule has 2 rings (SSSR count). The highest BCUT2D eigenvalue weighted by Crippen LogP contribution is 2.18. The maximum absolute atomic E-state index is 12.4. The zero-order valence-corrected chi connectivity index (χ0v) is 14.7. The Kier molecular flexibility index (Phi) is 5.58. The van der Waals surface area contributed by atoms with E-state index in [-0.39, 0.29) is 16.9 Å². The van der Waals surface area contributed by atoms with E-state index in [0.29, 0.717) is 5.56 Å². The van der Waals surface area contributed by atoms with Crippen molar-refractivity contribution in [1.82, 2.24) is 5.32 Å². The van der Waals surface area contributed by atoms with E-state index in [9.17, 15) is 23.1 Å². The molecule has 2 aromatic carbocycles. The average Bonchev–Trinajstić information content (AvgIpc) is 2.54. The summed E-state index contributed by atoms with van der Waals surface area (Å²) in [6.45, 7) is 1.90. The Labute approximate surface area is 146 Å². The lowest BCUT2D eigenvalue weighted by Crippen LogP contribution is -2.34. The molecule has 1 N–H and O–H groups in total. The number of hydrogen-bond donors (Lipinski definition) is 1. The first-order chi connectivity index (χ1) is 11.7. The van der Waals surface area contributed by atoms with Crippen LogP contribution >= 0.6 is 0 Å². The number of amides is 1. The van der Waals surface area contributed by atoms with E-state index in [1.54, 1.807) is 12.1 Å². The molecular weight excluding hydrogens is 342 g/mol. The van der Waals surface area contributed by atoms with Gasteiger partial charge < -0.3 is 15.2 Å². The van der Waals surface area contributed by atoms with Crippen LogP contribution in [0.5, 0.6) is 0 Å². The van der Waals surface area contributed by atoms with Crippen molar-refractivity contribution in [2.45, 2.75) is 24.3 Å². The summed E-state index contributed by atoms with van der Waals surface area (Å²) in [5.41, 5.74) is 1.90. The van der Waals surface area contributed by atoms with Gasteiger partial charge in [0.15, 0.2) is 9.84 Å². The Morgan fingerprint density at radius 1 is 1.04 bits per heavy atom. The molecule has 0 heterocycles. The number of carbonyl (C=O) groups is 2. The van der Waals surface area contributed by atoms with E-state index in [2.05, 4.69) is 5.32 Å². The van der Waals surface area contributed by atoms with Gasteiger partial charge in [-0.15, -0.1) is 0 Å². The van der Waals surface area contributed by atoms with Crippen molar-refractivity contribution in [3.63, 3.8) is 0 Å². The Morgan fingerprint density at radius 3 is 2.08 bits per heavy atom. The smallest absolute Gasteiger partial charge is 0.251 e. The van der Waals surface area contributed by atoms with Gasteiger partial charge in [0.2, 0.25) is 0 Å². The van der Waals surface area contributed by atoms with Crippen molar-refractivity contribution in [3.05, 3.63) is 65.2 Å². The molecule has 0 unspecified atom stereocenters. The SMILES string of the molecule is Cc1ccc([C@H](CC(=O)[O-])NC(=O)c2ccc(S(C)(=O)=O)cc2)cc1. The van der Waals surface area contributed by atoms with E-state index in [4.69, 9.17) is 0 Å². The highest BCUT2D eigenvalue weighted by Gasteiger charge is 2.17. The standard InChI is InChI=1S/C18H19NO5S/c1-12-3-5-13(6-4-12)16(11-17(20)21)19-18(22)14-7-9-15(10-8-14)25(2,23)24/h3-10,16H,11H2,1-2H3,(H,19,22)(H,20,21)/p-1/t16-/m0/s1. The van der Waals surface area contributed by atoms with Gasteiger partial charge in [0.05, 0.1) is 10.9 Å². The van der Waals surface area contributed by atoms with Gasteiger partial charge in [-0.3, -0.25) is 4.79 Å². The second-order valence-electron chi connectivity index (χ2n) is 5.81. The fourth-order valence-electron chi connectivity index (χ4n) is 2.31. The van der Waals surface area contributed by atoms with Crippen LogP contribution in [-0.2, 0) is 14.6 Å². The lowest BCUT2D eigenvalue weighted by molar-refractivity contribution is -0.306. The third kappa shape index (κ3) is 5.15. The zero-order chi connectivity index (χ0) is 18.6. The molecule has 7 heteroatoms. The van der Waals surface area contributed by atoms with Crippen molar-refractivity contribution in [2.75, 3.05) is 6.26 Å². The Morgan fingerprint density at radius 2 is 1.60 bits per heavy atom. The van der Waals surface area contributed by atoms with Gasteiger partial charge >= 0.3 is 0 Å². The molecule has 0 spiro atoms. The summed E-state index contributed by atoms with van der Waals surface area (Å²) in [6.07, 6.45) is 0.714. The third-order valence-corrected chi connectivity index (χ3v) is 4.83. The molecule has 0 saturated heterocycles. The molecule has 0 aliphatic heterocycles. The van der Waals surface area contributed by atoms with Gasteiger partial charge in [-0.05, 0) is 36.8 Å². The van der Waals surface area contributed by atoms with Crippen LogP contribution in [0.15, 0.2) is 53.4 Å². The summed E-state index contributed by atoms with van der Waals surface area (Å²) in [6, 6.07) is 11.8. The number of hydrogen-bond acceptors (Lipinski definition) is 5. The largest absolute Gasteiger partial charge is 0.550 e. The third-order valence-electron chi connectivity index (χ3n) is 3.70. The van der Waals surface area contributed by atoms with Crippen LogP contribution in [0.2, 0.25) is 0 Å². The molecule has 2 aromatic rings. The number of carboxylic acid groups (broad SMARTS) is 1. The van der Waals surface area contributed by atoms with Crippen LogP contribution in [0.1, 0.15) is 33.9 Å². The van der Waals surface area contributed by atoms with Crippen molar-refractivity contribution < 1.29 is 23.1 Å². The van der Waals surface area contributed by atoms with E-state index in [0.717, 1.165) is 11.8 Å². The first-order valence-corrected chi connectivity index (χ1v) is 9.43. The number of sulfone groups is 1. The molecule has 1 atom stereocenters. The highest BCUT2D eigenvalue weighted by molar-refractivity contribution is 7.90. The minimum atomic E-state index is -3.35. The van der Waals surface area contributed by atoms with Crippen LogP contribution in [0.25, 0.3) is 0 Å². The fourth-order valence-corrected chi connectivity index (χ4v) is 2.94. The van der Waals surface area contributed by atoms with E-state index in [1.807, 2.05) is 19.1 Å². The minimum Gasteiger partial charge on any atom is -0.550 e. The quantitative estimate of drug-likeness (QED) is 0.828. The molecule has 0 fully saturated rings. The lowest BCUT2D eigenvalue weighted by atomic mass is 10.0. The molecule has 1 amide bonds. The second kappa shape index (κ2) is 7.48. The molecule has 6 nitrogen and oxygen atoms in total. The monoisotopic (exact) mass is 360 g/mol. The van der Waals surface area contributed by atoms with Crippen molar-refractivity contribution in [3.8, 4) is 0 Å². The summed E-state index contributed by atoms with van der Waals surface area (Å²) < 4.78 is 22.9. The van der Waals surface area contributed by atoms with E-state index in [1.165, 1.54) is 24.3 Å². The zero-order valence-electron chi connectivity index (χ0n) is 13.9. The summed E-state index contributed by atoms with van der Waals surface area (Å²) in [7, 11) is -3.35. The number of carboxylic acids is 1. The molecule has 0 radical (unpaired) electrons. The molecule has 0 aliphatic rings. The normalized spacial score (nSPS) is 12.4. The highest BCUT2D eigenvalue weighted by atomic mass is 32.2. The summed E-state index contributed by atoms with van der Waals surface area (Å²) >= 11 is 0. The number of benzene rings is 2. The second-order valence-corrected chi connectivity index (χ2v) is 7.83. The van der Waals surface area contributed by atoms with Crippen LogP contribution in [0.3, 0.4) is 0 Å². The molecule has 132 valence electrons. The van der Waals surface area contributed by atoms with Crippen LogP contribution in [0, 0.1) is 6.92 Å². The van der Waals surface area contributed by atoms with E-state index < -0.39 is 27.8 Å². The molecule has 0 bridgehead atoms. The van der Waals surface area contributed by atoms with Crippen LogP contribution in [0.4, 0.5) is 0 Å². The predicted octanol–water partition coefficient (Wildman–Crippen LogP) is 1.01. The number of nitrogens with one attached hydrogen (secondary N) is 1. The number of aryl methyl sites for hydroxylation is 1. The van der Waals surface area contributed by atoms with E-state index >= 15 is 0 Å². The van der Waals surface area contributed by atoms with Gasteiger partial charge in [-0.2, -0.15) is 0 Å². The van der Waals surface area contributed by atoms with Gasteiger partial charge in [-0.25, -0.2) is 8.42 Å². The van der Waals surface area contributed by atoms with Gasteiger partial charge in [0.25, 0.3) is 5.91 Å². The summed E-state index contributed by atoms with van der Waals surface area (Å²) in [5.74, 6) is -1.77. The summed E-state index contributed by atoms with van der Waals surface area (Å²) in [4.78, 5) is 23.5. The predicted molar refractivity (Wildman–Crippen MR) is 90.6 cm³/mol. The average molecular weight is 360 g/mol. The van der Waals surface area contributed by atoms with Crippen molar-refractivity contribution in [1.29, 1.82) is 0 Å². The van der Waals surface area contributed by atoms with Crippen molar-refractivity contribution >= 4 is 21.7 Å². The number of carbonyl (C=O) groups excluding carboxylic acids is 2. The van der Waals surface area contributed by atoms with Gasteiger partial charge in [0.1, 0.15) is 0 Å². The fraction of sp³-hybridized carbons (Fsp3) is 0.222. The Balaban J connectivity index is 2.21. The van der Waals surface area contributed by atoms with Crippen molar-refractivity contribution in [2.24, 2.45) is 0 Å². The maximum Gasteiger partial charge on any atom is 0.251 e. The van der Waals surface area contributed by atoms with Crippen LogP contribution < -0.4 is 10.4 Å². The molecule has 0 aromatic heterocycles. The van der Waals surface area contributed by atoms with Crippen LogP contribution in [-0.4, -0.2) is 26.6 Å². The minimum absolute atomic E-state index is 0.105. The lowest BCUT2D eigenvalue weighted by Gasteiger charge is -2.20. The van der Waals surface area contributed by atoms with Gasteiger partial charge in [-0.1, -0.05) is 29.8 Å². The molecule has 25 heavy (non-hydrogen) atoms. The molecular formula is C18H18NO5S-. The summed E-state index contributed by atoms with van der Waals surface area (Å²) in [5, 5.41) is 13.6. The molecule has 0 saturated carbocycles. The Hall–Kier alpha value is -2.67. The maximum atomic E-state index is 12.4. The Bertz CT molecular complexity index is 871. The first-order valence-electron chi connectivity index (χ1n) is 7.54. The molecule has 0 aliphatic carbocycles.